The minimum absolute atomic E-state index is 0.524. The van der Waals surface area contributed by atoms with Crippen molar-refractivity contribution in [1.29, 1.82) is 0 Å². The molecule has 0 unspecified atom stereocenters. The van der Waals surface area contributed by atoms with Crippen LogP contribution < -0.4 is 5.46 Å². The van der Waals surface area contributed by atoms with Crippen LogP contribution in [0.15, 0.2) is 18.2 Å². The Bertz CT molecular complexity index is 995. The summed E-state index contributed by atoms with van der Waals surface area (Å²) in [7, 11) is -0.611. The number of thioether (sulfide) groups is 1. The zero-order valence-electron chi connectivity index (χ0n) is 22.3. The molecule has 0 N–H and O–H groups in total. The molecule has 198 valence electrons. The molecule has 0 saturated carbocycles. The Labute approximate surface area is 217 Å². The van der Waals surface area contributed by atoms with Crippen molar-refractivity contribution in [1.82, 2.24) is 0 Å². The van der Waals surface area contributed by atoms with E-state index < -0.39 is 66.1 Å². The molecule has 0 spiro atoms. The molecule has 2 heterocycles. The van der Waals surface area contributed by atoms with Crippen LogP contribution >= 0.6 is 11.8 Å². The largest absolute Gasteiger partial charge is 0.495 e. The summed E-state index contributed by atoms with van der Waals surface area (Å²) >= 11 is 1.30. The number of benzene rings is 1. The van der Waals surface area contributed by atoms with Crippen molar-refractivity contribution in [2.75, 3.05) is 6.26 Å². The van der Waals surface area contributed by atoms with Crippen LogP contribution in [-0.4, -0.2) is 66.2 Å². The summed E-state index contributed by atoms with van der Waals surface area (Å²) in [4.78, 5) is 36.0. The second kappa shape index (κ2) is 10.7. The monoisotopic (exact) mass is 522 g/mol. The van der Waals surface area contributed by atoms with Crippen molar-refractivity contribution in [2.45, 2.75) is 96.4 Å². The zero-order chi connectivity index (χ0) is 27.0. The van der Waals surface area contributed by atoms with Crippen molar-refractivity contribution in [3.05, 3.63) is 29.3 Å². The van der Waals surface area contributed by atoms with Crippen LogP contribution in [0.3, 0.4) is 0 Å². The van der Waals surface area contributed by atoms with Gasteiger partial charge in [-0.05, 0) is 51.9 Å². The maximum absolute atomic E-state index is 12.1. The first-order valence-corrected chi connectivity index (χ1v) is 13.1. The Morgan fingerprint density at radius 3 is 1.86 bits per heavy atom. The molecular formula is C25H35BO9S. The molecule has 5 atom stereocenters. The van der Waals surface area contributed by atoms with Crippen LogP contribution in [0.1, 0.15) is 65.7 Å². The van der Waals surface area contributed by atoms with Gasteiger partial charge in [-0.3, -0.25) is 14.4 Å². The summed E-state index contributed by atoms with van der Waals surface area (Å²) in [5.41, 5.74) is 0.703. The molecule has 2 saturated heterocycles. The van der Waals surface area contributed by atoms with E-state index in [4.69, 9.17) is 28.3 Å². The molecule has 2 fully saturated rings. The predicted octanol–water partition coefficient (Wildman–Crippen LogP) is 2.85. The SMILES string of the molecule is CS[C@H]1O[C@@H](c2ccc(C)c(B3OC(C)(C)C(C)(C)O3)c2)[C@H](OC(C)=O)[C@@H](OC(C)=O)[C@@H]1OC(C)=O. The number of ether oxygens (including phenoxy) is 4. The molecule has 1 aromatic rings. The van der Waals surface area contributed by atoms with Gasteiger partial charge >= 0.3 is 25.0 Å². The molecule has 9 nitrogen and oxygen atoms in total. The molecule has 1 aromatic carbocycles. The van der Waals surface area contributed by atoms with Gasteiger partial charge in [0, 0.05) is 20.8 Å². The molecule has 0 radical (unpaired) electrons. The minimum Gasteiger partial charge on any atom is -0.455 e. The molecule has 3 rings (SSSR count). The first kappa shape index (κ1) is 28.5. The van der Waals surface area contributed by atoms with Gasteiger partial charge in [0.25, 0.3) is 0 Å². The highest BCUT2D eigenvalue weighted by atomic mass is 32.2. The highest BCUT2D eigenvalue weighted by Crippen LogP contribution is 2.41. The van der Waals surface area contributed by atoms with Crippen LogP contribution in [0, 0.1) is 6.92 Å². The van der Waals surface area contributed by atoms with Crippen molar-refractivity contribution in [3.8, 4) is 0 Å². The second-order valence-electron chi connectivity index (χ2n) is 10.1. The standard InChI is InChI=1S/C25H35BO9S/c1-13-10-11-17(12-18(13)26-34-24(5,6)25(7,8)35-26)19-20(30-14(2)27)21(31-15(3)28)22(32-16(4)29)23(33-19)36-9/h10-12,19-23H,1-9H3/t19-,20-,21+,22-,23+/m0/s1. The normalized spacial score (nSPS) is 28.9. The predicted molar refractivity (Wildman–Crippen MR) is 135 cm³/mol. The molecule has 2 aliphatic rings. The Balaban J connectivity index is 2.06. The van der Waals surface area contributed by atoms with E-state index in [2.05, 4.69) is 0 Å². The fraction of sp³-hybridized carbons (Fsp3) is 0.640. The Kier molecular flexibility index (Phi) is 8.49. The van der Waals surface area contributed by atoms with E-state index in [0.29, 0.717) is 5.56 Å². The zero-order valence-corrected chi connectivity index (χ0v) is 23.1. The van der Waals surface area contributed by atoms with Gasteiger partial charge in [0.05, 0.1) is 11.2 Å². The molecule has 36 heavy (non-hydrogen) atoms. The fourth-order valence-electron chi connectivity index (χ4n) is 4.29. The van der Waals surface area contributed by atoms with E-state index >= 15 is 0 Å². The maximum atomic E-state index is 12.1. The van der Waals surface area contributed by atoms with Crippen molar-refractivity contribution in [3.63, 3.8) is 0 Å². The molecule has 0 amide bonds. The van der Waals surface area contributed by atoms with E-state index in [1.54, 1.807) is 6.26 Å². The number of hydrogen-bond donors (Lipinski definition) is 0. The van der Waals surface area contributed by atoms with Gasteiger partial charge in [0.2, 0.25) is 0 Å². The summed E-state index contributed by atoms with van der Waals surface area (Å²) in [5, 5.41) is 0. The summed E-state index contributed by atoms with van der Waals surface area (Å²) in [6.07, 6.45) is -2.14. The highest BCUT2D eigenvalue weighted by Gasteiger charge is 2.54. The summed E-state index contributed by atoms with van der Waals surface area (Å²) in [6.45, 7) is 13.6. The van der Waals surface area contributed by atoms with Crippen LogP contribution in [-0.2, 0) is 42.6 Å². The average Bonchev–Trinajstić information content (AvgIpc) is 2.97. The lowest BCUT2D eigenvalue weighted by molar-refractivity contribution is -0.233. The number of carbonyl (C=O) groups excluding carboxylic acids is 3. The third kappa shape index (κ3) is 5.90. The van der Waals surface area contributed by atoms with Crippen molar-refractivity contribution in [2.24, 2.45) is 0 Å². The number of rotatable bonds is 6. The Morgan fingerprint density at radius 1 is 0.861 bits per heavy atom. The topological polar surface area (TPSA) is 107 Å². The number of esters is 3. The summed E-state index contributed by atoms with van der Waals surface area (Å²) < 4.78 is 35.5. The average molecular weight is 522 g/mol. The molecule has 0 aromatic heterocycles. The van der Waals surface area contributed by atoms with Crippen LogP contribution in [0.5, 0.6) is 0 Å². The van der Waals surface area contributed by atoms with Gasteiger partial charge in [0.1, 0.15) is 11.5 Å². The first-order chi connectivity index (χ1) is 16.7. The third-order valence-corrected chi connectivity index (χ3v) is 7.62. The fourth-order valence-corrected chi connectivity index (χ4v) is 5.00. The van der Waals surface area contributed by atoms with E-state index in [-0.39, 0.29) is 0 Å². The van der Waals surface area contributed by atoms with Crippen LogP contribution in [0.2, 0.25) is 0 Å². The van der Waals surface area contributed by atoms with E-state index in [1.165, 1.54) is 32.5 Å². The van der Waals surface area contributed by atoms with E-state index in [9.17, 15) is 14.4 Å². The second-order valence-corrected chi connectivity index (χ2v) is 11.0. The summed E-state index contributed by atoms with van der Waals surface area (Å²) in [6, 6.07) is 5.67. The van der Waals surface area contributed by atoms with Gasteiger partial charge in [-0.25, -0.2) is 0 Å². The van der Waals surface area contributed by atoms with Gasteiger partial charge < -0.3 is 28.3 Å². The van der Waals surface area contributed by atoms with Crippen LogP contribution in [0.4, 0.5) is 0 Å². The number of carbonyl (C=O) groups is 3. The quantitative estimate of drug-likeness (QED) is 0.315. The first-order valence-electron chi connectivity index (χ1n) is 11.8. The third-order valence-electron chi connectivity index (χ3n) is 6.77. The molecule has 2 aliphatic heterocycles. The lowest BCUT2D eigenvalue weighted by atomic mass is 9.74. The van der Waals surface area contributed by atoms with Gasteiger partial charge in [0.15, 0.2) is 18.3 Å². The smallest absolute Gasteiger partial charge is 0.455 e. The van der Waals surface area contributed by atoms with Crippen molar-refractivity contribution >= 4 is 42.3 Å². The van der Waals surface area contributed by atoms with Gasteiger partial charge in [-0.1, -0.05) is 23.8 Å². The minimum atomic E-state index is -1.08. The van der Waals surface area contributed by atoms with Gasteiger partial charge in [-0.2, -0.15) is 0 Å². The maximum Gasteiger partial charge on any atom is 0.495 e. The van der Waals surface area contributed by atoms with E-state index in [1.807, 2.05) is 52.8 Å². The van der Waals surface area contributed by atoms with Crippen LogP contribution in [0.25, 0.3) is 0 Å². The molecule has 0 aliphatic carbocycles. The highest BCUT2D eigenvalue weighted by molar-refractivity contribution is 7.99. The Hall–Kier alpha value is -2.08. The molecule has 0 bridgehead atoms. The lowest BCUT2D eigenvalue weighted by Crippen LogP contribution is -2.57. The van der Waals surface area contributed by atoms with Gasteiger partial charge in [-0.15, -0.1) is 11.8 Å². The molecular weight excluding hydrogens is 487 g/mol. The lowest BCUT2D eigenvalue weighted by Gasteiger charge is -2.44. The molecule has 11 heteroatoms. The Morgan fingerprint density at radius 2 is 1.36 bits per heavy atom. The number of aryl methyl sites for hydroxylation is 1. The van der Waals surface area contributed by atoms with E-state index in [0.717, 1.165) is 11.0 Å². The van der Waals surface area contributed by atoms with Crippen molar-refractivity contribution < 1.29 is 42.6 Å². The summed E-state index contributed by atoms with van der Waals surface area (Å²) in [5.74, 6) is -1.76. The number of hydrogen-bond acceptors (Lipinski definition) is 10.